The predicted octanol–water partition coefficient (Wildman–Crippen LogP) is 4.62. The van der Waals surface area contributed by atoms with Gasteiger partial charge in [-0.25, -0.2) is 13.2 Å². The topological polar surface area (TPSA) is 121 Å². The second-order valence-corrected chi connectivity index (χ2v) is 9.19. The number of carbonyl (C=O) groups is 2. The average molecular weight is 475 g/mol. The van der Waals surface area contributed by atoms with E-state index >= 15 is 0 Å². The number of benzene rings is 4. The Bertz CT molecular complexity index is 1520. The van der Waals surface area contributed by atoms with E-state index in [1.54, 1.807) is 24.3 Å². The molecule has 8 nitrogen and oxygen atoms in total. The molecule has 0 saturated heterocycles. The number of Topliss-reactive ketones (excluding diaryl/α,β-unsaturated/α-hetero) is 1. The number of rotatable bonds is 7. The van der Waals surface area contributed by atoms with Crippen LogP contribution in [0, 0.1) is 10.1 Å². The van der Waals surface area contributed by atoms with Gasteiger partial charge in [0.05, 0.1) is 20.3 Å². The summed E-state index contributed by atoms with van der Waals surface area (Å²) in [7, 11) is -4.19. The molecule has 0 spiro atoms. The normalized spacial score (nSPS) is 11.2. The van der Waals surface area contributed by atoms with Crippen molar-refractivity contribution in [3.05, 3.63) is 112 Å². The second kappa shape index (κ2) is 9.24. The molecule has 0 saturated carbocycles. The van der Waals surface area contributed by atoms with Crippen LogP contribution in [0.4, 0.5) is 5.69 Å². The number of ketones is 1. The maximum atomic E-state index is 13.1. The molecule has 0 aliphatic carbocycles. The molecule has 170 valence electrons. The van der Waals surface area contributed by atoms with Crippen LogP contribution in [-0.4, -0.2) is 31.7 Å². The van der Waals surface area contributed by atoms with Gasteiger partial charge in [-0.3, -0.25) is 14.9 Å². The molecule has 0 unspecified atom stereocenters. The van der Waals surface area contributed by atoms with Crippen LogP contribution in [-0.2, 0) is 14.6 Å². The van der Waals surface area contributed by atoms with E-state index in [0.717, 1.165) is 29.7 Å². The van der Waals surface area contributed by atoms with Crippen LogP contribution in [0.3, 0.4) is 0 Å². The van der Waals surface area contributed by atoms with Crippen LogP contribution in [0.5, 0.6) is 0 Å². The third-order valence-corrected chi connectivity index (χ3v) is 7.01. The summed E-state index contributed by atoms with van der Waals surface area (Å²) in [5.74, 6) is -1.41. The van der Waals surface area contributed by atoms with Crippen molar-refractivity contribution in [2.45, 2.75) is 9.79 Å². The van der Waals surface area contributed by atoms with E-state index in [-0.39, 0.29) is 21.0 Å². The SMILES string of the molecule is O=C(OCC(=O)c1cccc2ccccc12)c1ccccc1S(=O)(=O)c1ccc([N+](=O)[O-])cc1. The number of ether oxygens (including phenoxy) is 1. The van der Waals surface area contributed by atoms with Gasteiger partial charge in [0, 0.05) is 17.7 Å². The van der Waals surface area contributed by atoms with Gasteiger partial charge in [-0.05, 0) is 35.0 Å². The number of carbonyl (C=O) groups excluding carboxylic acids is 2. The lowest BCUT2D eigenvalue weighted by atomic mass is 10.0. The van der Waals surface area contributed by atoms with Gasteiger partial charge in [-0.15, -0.1) is 0 Å². The van der Waals surface area contributed by atoms with E-state index < -0.39 is 33.1 Å². The maximum Gasteiger partial charge on any atom is 0.339 e. The smallest absolute Gasteiger partial charge is 0.339 e. The number of nitro benzene ring substituents is 1. The Hall–Kier alpha value is -4.37. The number of sulfone groups is 1. The molecule has 0 aromatic heterocycles. The van der Waals surface area contributed by atoms with Gasteiger partial charge < -0.3 is 4.74 Å². The van der Waals surface area contributed by atoms with Gasteiger partial charge in [-0.1, -0.05) is 54.6 Å². The maximum absolute atomic E-state index is 13.1. The Kier molecular flexibility index (Phi) is 6.20. The molecule has 9 heteroatoms. The molecular formula is C25H17NO7S. The molecule has 0 heterocycles. The van der Waals surface area contributed by atoms with Crippen molar-refractivity contribution in [3.8, 4) is 0 Å². The van der Waals surface area contributed by atoms with Gasteiger partial charge in [0.2, 0.25) is 15.6 Å². The minimum absolute atomic E-state index is 0.217. The first-order valence-corrected chi connectivity index (χ1v) is 11.5. The number of hydrogen-bond acceptors (Lipinski definition) is 7. The Labute approximate surface area is 194 Å². The van der Waals surface area contributed by atoms with Crippen molar-refractivity contribution in [3.63, 3.8) is 0 Å². The molecule has 4 aromatic rings. The van der Waals surface area contributed by atoms with Gasteiger partial charge in [0.1, 0.15) is 0 Å². The van der Waals surface area contributed by atoms with E-state index in [1.165, 1.54) is 24.3 Å². The van der Waals surface area contributed by atoms with E-state index in [4.69, 9.17) is 4.74 Å². The number of esters is 1. The quantitative estimate of drug-likeness (QED) is 0.165. The summed E-state index contributed by atoms with van der Waals surface area (Å²) in [6.07, 6.45) is 0. The van der Waals surface area contributed by atoms with Crippen LogP contribution in [0.2, 0.25) is 0 Å². The lowest BCUT2D eigenvalue weighted by molar-refractivity contribution is -0.384. The fourth-order valence-corrected chi connectivity index (χ4v) is 4.95. The molecule has 0 amide bonds. The monoisotopic (exact) mass is 475 g/mol. The zero-order valence-corrected chi connectivity index (χ0v) is 18.4. The van der Waals surface area contributed by atoms with Crippen LogP contribution in [0.25, 0.3) is 10.8 Å². The van der Waals surface area contributed by atoms with Crippen LogP contribution < -0.4 is 0 Å². The predicted molar refractivity (Wildman–Crippen MR) is 124 cm³/mol. The molecular weight excluding hydrogens is 458 g/mol. The first kappa shape index (κ1) is 22.8. The Morgan fingerprint density at radius 3 is 2.15 bits per heavy atom. The van der Waals surface area contributed by atoms with Crippen molar-refractivity contribution in [1.82, 2.24) is 0 Å². The first-order valence-electron chi connectivity index (χ1n) is 10.1. The highest BCUT2D eigenvalue weighted by Crippen LogP contribution is 2.26. The highest BCUT2D eigenvalue weighted by Gasteiger charge is 2.26. The average Bonchev–Trinajstić information content (AvgIpc) is 2.86. The van der Waals surface area contributed by atoms with Gasteiger partial charge >= 0.3 is 5.97 Å². The summed E-state index contributed by atoms with van der Waals surface area (Å²) in [4.78, 5) is 35.1. The molecule has 4 rings (SSSR count). The molecule has 0 aliphatic heterocycles. The standard InChI is InChI=1S/C25H17NO7S/c27-23(21-10-5-7-17-6-1-2-8-20(17)21)16-33-25(28)22-9-3-4-11-24(22)34(31,32)19-14-12-18(13-15-19)26(29)30/h1-15H,16H2. The summed E-state index contributed by atoms with van der Waals surface area (Å²) in [6, 6.07) is 22.3. The molecule has 0 atom stereocenters. The van der Waals surface area contributed by atoms with E-state index in [0.29, 0.717) is 10.9 Å². The van der Waals surface area contributed by atoms with Crippen LogP contribution in [0.15, 0.2) is 101 Å². The summed E-state index contributed by atoms with van der Waals surface area (Å²) in [5.41, 5.74) is -0.122. The van der Waals surface area contributed by atoms with Crippen molar-refractivity contribution in [2.24, 2.45) is 0 Å². The van der Waals surface area contributed by atoms with Crippen LogP contribution in [0.1, 0.15) is 20.7 Å². The molecule has 0 radical (unpaired) electrons. The van der Waals surface area contributed by atoms with E-state index in [9.17, 15) is 28.1 Å². The second-order valence-electron chi connectivity index (χ2n) is 7.28. The van der Waals surface area contributed by atoms with Crippen molar-refractivity contribution in [2.75, 3.05) is 6.61 Å². The Morgan fingerprint density at radius 1 is 0.794 bits per heavy atom. The van der Waals surface area contributed by atoms with Gasteiger partial charge in [0.25, 0.3) is 5.69 Å². The van der Waals surface area contributed by atoms with Crippen molar-refractivity contribution < 1.29 is 27.7 Å². The lowest BCUT2D eigenvalue weighted by Crippen LogP contribution is -2.17. The highest BCUT2D eigenvalue weighted by atomic mass is 32.2. The number of fused-ring (bicyclic) bond motifs is 1. The molecule has 0 bridgehead atoms. The zero-order valence-electron chi connectivity index (χ0n) is 17.6. The number of nitrogens with zero attached hydrogens (tertiary/aromatic N) is 1. The van der Waals surface area contributed by atoms with Crippen molar-refractivity contribution >= 4 is 38.0 Å². The number of non-ortho nitro benzene ring substituents is 1. The summed E-state index contributed by atoms with van der Waals surface area (Å²) in [5, 5.41) is 12.4. The number of nitro groups is 1. The Balaban J connectivity index is 1.58. The largest absolute Gasteiger partial charge is 0.454 e. The van der Waals surface area contributed by atoms with Crippen LogP contribution >= 0.6 is 0 Å². The Morgan fingerprint density at radius 2 is 1.41 bits per heavy atom. The molecule has 0 fully saturated rings. The molecule has 4 aromatic carbocycles. The fraction of sp³-hybridized carbons (Fsp3) is 0.0400. The van der Waals surface area contributed by atoms with E-state index in [2.05, 4.69) is 0 Å². The summed E-state index contributed by atoms with van der Waals surface area (Å²) < 4.78 is 31.4. The van der Waals surface area contributed by atoms with Gasteiger partial charge in [-0.2, -0.15) is 0 Å². The number of hydrogen-bond donors (Lipinski definition) is 0. The minimum atomic E-state index is -4.19. The summed E-state index contributed by atoms with van der Waals surface area (Å²) >= 11 is 0. The zero-order chi connectivity index (χ0) is 24.3. The highest BCUT2D eigenvalue weighted by molar-refractivity contribution is 7.91. The van der Waals surface area contributed by atoms with Gasteiger partial charge in [0.15, 0.2) is 6.61 Å². The van der Waals surface area contributed by atoms with E-state index in [1.807, 2.05) is 18.2 Å². The fourth-order valence-electron chi connectivity index (χ4n) is 3.50. The minimum Gasteiger partial charge on any atom is -0.454 e. The summed E-state index contributed by atoms with van der Waals surface area (Å²) in [6.45, 7) is -0.571. The lowest BCUT2D eigenvalue weighted by Gasteiger charge is -2.11. The molecule has 34 heavy (non-hydrogen) atoms. The third-order valence-electron chi connectivity index (χ3n) is 5.18. The molecule has 0 N–H and O–H groups in total. The first-order chi connectivity index (χ1) is 16.3. The van der Waals surface area contributed by atoms with Crippen molar-refractivity contribution in [1.29, 1.82) is 0 Å². The molecule has 0 aliphatic rings. The third kappa shape index (κ3) is 4.41.